The van der Waals surface area contributed by atoms with Crippen molar-refractivity contribution in [3.8, 4) is 0 Å². The van der Waals surface area contributed by atoms with Gasteiger partial charge in [-0.05, 0) is 22.4 Å². The molecule has 0 unspecified atom stereocenters. The van der Waals surface area contributed by atoms with Gasteiger partial charge in [-0.25, -0.2) is 0 Å². The van der Waals surface area contributed by atoms with E-state index < -0.39 is 12.6 Å². The Morgan fingerprint density at radius 3 is 2.64 bits per heavy atom. The quantitative estimate of drug-likeness (QED) is 0.675. The Morgan fingerprint density at radius 1 is 1.14 bits per heavy atom. The van der Waals surface area contributed by atoms with Crippen LogP contribution >= 0.6 is 11.3 Å². The molecule has 0 spiro atoms. The number of thiophene rings is 1. The van der Waals surface area contributed by atoms with Crippen molar-refractivity contribution in [1.82, 2.24) is 0 Å². The number of alkyl halides is 3. The second-order valence-electron chi connectivity index (χ2n) is 3.05. The fraction of sp³-hybridized carbons (Fsp3) is 0.200. The molecular formula is C10H7F3S. The molecule has 4 heteroatoms. The van der Waals surface area contributed by atoms with Gasteiger partial charge in [-0.2, -0.15) is 13.2 Å². The van der Waals surface area contributed by atoms with Gasteiger partial charge in [-0.1, -0.05) is 18.2 Å². The maximum absolute atomic E-state index is 12.2. The van der Waals surface area contributed by atoms with E-state index in [1.165, 1.54) is 17.4 Å². The van der Waals surface area contributed by atoms with Gasteiger partial charge in [-0.15, -0.1) is 11.3 Å². The van der Waals surface area contributed by atoms with E-state index in [0.29, 0.717) is 5.56 Å². The zero-order valence-corrected chi connectivity index (χ0v) is 7.95. The third-order valence-electron chi connectivity index (χ3n) is 1.95. The van der Waals surface area contributed by atoms with Crippen LogP contribution in [0, 0.1) is 0 Å². The lowest BCUT2D eigenvalue weighted by Crippen LogP contribution is -2.11. The third-order valence-corrected chi connectivity index (χ3v) is 2.96. The smallest absolute Gasteiger partial charge is 0.171 e. The van der Waals surface area contributed by atoms with Crippen molar-refractivity contribution in [3.05, 3.63) is 35.2 Å². The predicted octanol–water partition coefficient (Wildman–Crippen LogP) is 4.01. The Hall–Kier alpha value is -1.03. The van der Waals surface area contributed by atoms with Crippen LogP contribution in [0.1, 0.15) is 5.56 Å². The van der Waals surface area contributed by atoms with E-state index in [1.807, 2.05) is 17.5 Å². The van der Waals surface area contributed by atoms with Crippen LogP contribution in [0.15, 0.2) is 29.6 Å². The monoisotopic (exact) mass is 216 g/mol. The lowest BCUT2D eigenvalue weighted by atomic mass is 10.1. The summed E-state index contributed by atoms with van der Waals surface area (Å²) in [6.45, 7) is 0. The summed E-state index contributed by atoms with van der Waals surface area (Å²) >= 11 is 1.35. The van der Waals surface area contributed by atoms with Gasteiger partial charge in [0, 0.05) is 4.70 Å². The van der Waals surface area contributed by atoms with Crippen molar-refractivity contribution in [1.29, 1.82) is 0 Å². The van der Waals surface area contributed by atoms with Gasteiger partial charge in [0.15, 0.2) is 0 Å². The normalized spacial score (nSPS) is 12.2. The number of halogens is 3. The van der Waals surface area contributed by atoms with Crippen molar-refractivity contribution in [2.45, 2.75) is 12.6 Å². The van der Waals surface area contributed by atoms with E-state index in [1.54, 1.807) is 6.07 Å². The van der Waals surface area contributed by atoms with E-state index >= 15 is 0 Å². The Morgan fingerprint density at radius 2 is 1.93 bits per heavy atom. The summed E-state index contributed by atoms with van der Waals surface area (Å²) in [7, 11) is 0. The summed E-state index contributed by atoms with van der Waals surface area (Å²) in [5.74, 6) is 0. The van der Waals surface area contributed by atoms with Crippen LogP contribution in [0.3, 0.4) is 0 Å². The van der Waals surface area contributed by atoms with Crippen molar-refractivity contribution in [3.63, 3.8) is 0 Å². The highest BCUT2D eigenvalue weighted by Crippen LogP contribution is 2.29. The topological polar surface area (TPSA) is 0 Å². The van der Waals surface area contributed by atoms with E-state index in [4.69, 9.17) is 0 Å². The van der Waals surface area contributed by atoms with Crippen LogP contribution in [-0.2, 0) is 6.42 Å². The average Bonchev–Trinajstić information content (AvgIpc) is 2.49. The van der Waals surface area contributed by atoms with Gasteiger partial charge >= 0.3 is 6.18 Å². The van der Waals surface area contributed by atoms with Crippen LogP contribution in [0.5, 0.6) is 0 Å². The number of benzene rings is 1. The first-order valence-corrected chi connectivity index (χ1v) is 4.96. The molecule has 0 N–H and O–H groups in total. The second-order valence-corrected chi connectivity index (χ2v) is 3.96. The van der Waals surface area contributed by atoms with Crippen molar-refractivity contribution in [2.75, 3.05) is 0 Å². The van der Waals surface area contributed by atoms with Crippen LogP contribution in [0.25, 0.3) is 10.1 Å². The fourth-order valence-corrected chi connectivity index (χ4v) is 2.32. The van der Waals surface area contributed by atoms with Gasteiger partial charge in [0.1, 0.15) is 0 Å². The molecule has 0 amide bonds. The van der Waals surface area contributed by atoms with E-state index in [9.17, 15) is 13.2 Å². The van der Waals surface area contributed by atoms with E-state index in [2.05, 4.69) is 0 Å². The van der Waals surface area contributed by atoms with Crippen LogP contribution < -0.4 is 0 Å². The molecule has 1 aromatic heterocycles. The molecule has 0 aliphatic carbocycles. The number of hydrogen-bond acceptors (Lipinski definition) is 1. The standard InChI is InChI=1S/C10H7F3S/c11-10(12,13)6-8-3-1-2-7-4-5-14-9(7)8/h1-5H,6H2. The molecule has 14 heavy (non-hydrogen) atoms. The SMILES string of the molecule is FC(F)(F)Cc1cccc2ccsc12. The molecule has 1 heterocycles. The summed E-state index contributed by atoms with van der Waals surface area (Å²) in [5.41, 5.74) is 0.366. The average molecular weight is 216 g/mol. The maximum atomic E-state index is 12.2. The van der Waals surface area contributed by atoms with Crippen molar-refractivity contribution >= 4 is 21.4 Å². The van der Waals surface area contributed by atoms with Gasteiger partial charge in [0.2, 0.25) is 0 Å². The fourth-order valence-electron chi connectivity index (χ4n) is 1.41. The minimum Gasteiger partial charge on any atom is -0.171 e. The zero-order valence-electron chi connectivity index (χ0n) is 7.14. The van der Waals surface area contributed by atoms with Gasteiger partial charge in [-0.3, -0.25) is 0 Å². The molecule has 1 aromatic carbocycles. The molecule has 0 nitrogen and oxygen atoms in total. The predicted molar refractivity (Wildman–Crippen MR) is 51.6 cm³/mol. The number of fused-ring (bicyclic) bond motifs is 1. The van der Waals surface area contributed by atoms with Crippen molar-refractivity contribution < 1.29 is 13.2 Å². The minimum atomic E-state index is -4.13. The molecule has 0 atom stereocenters. The minimum absolute atomic E-state index is 0.366. The molecule has 0 radical (unpaired) electrons. The zero-order chi connectivity index (χ0) is 10.2. The van der Waals surface area contributed by atoms with Gasteiger partial charge in [0.25, 0.3) is 0 Å². The Bertz CT molecular complexity index is 442. The Labute approximate surface area is 83.0 Å². The summed E-state index contributed by atoms with van der Waals surface area (Å²) in [6, 6.07) is 6.86. The van der Waals surface area contributed by atoms with Crippen LogP contribution in [0.4, 0.5) is 13.2 Å². The summed E-state index contributed by atoms with van der Waals surface area (Å²) in [4.78, 5) is 0. The molecular weight excluding hydrogens is 209 g/mol. The van der Waals surface area contributed by atoms with E-state index in [0.717, 1.165) is 10.1 Å². The second kappa shape index (κ2) is 3.28. The highest BCUT2D eigenvalue weighted by molar-refractivity contribution is 7.17. The molecule has 0 saturated carbocycles. The lowest BCUT2D eigenvalue weighted by Gasteiger charge is -2.06. The Kier molecular flexibility index (Phi) is 2.23. The number of rotatable bonds is 1. The van der Waals surface area contributed by atoms with Gasteiger partial charge < -0.3 is 0 Å². The summed E-state index contributed by atoms with van der Waals surface area (Å²) in [6.07, 6.45) is -4.97. The molecule has 2 aromatic rings. The molecule has 0 aliphatic rings. The third kappa shape index (κ3) is 1.90. The summed E-state index contributed by atoms with van der Waals surface area (Å²) in [5, 5.41) is 2.70. The summed E-state index contributed by atoms with van der Waals surface area (Å²) < 4.78 is 37.3. The van der Waals surface area contributed by atoms with Crippen LogP contribution in [-0.4, -0.2) is 6.18 Å². The maximum Gasteiger partial charge on any atom is 0.393 e. The first-order valence-electron chi connectivity index (χ1n) is 4.08. The van der Waals surface area contributed by atoms with Gasteiger partial charge in [0.05, 0.1) is 6.42 Å². The molecule has 0 fully saturated rings. The highest BCUT2D eigenvalue weighted by atomic mass is 32.1. The molecule has 0 saturated heterocycles. The molecule has 0 bridgehead atoms. The van der Waals surface area contributed by atoms with Crippen molar-refractivity contribution in [2.24, 2.45) is 0 Å². The number of hydrogen-bond donors (Lipinski definition) is 0. The lowest BCUT2D eigenvalue weighted by molar-refractivity contribution is -0.126. The highest BCUT2D eigenvalue weighted by Gasteiger charge is 2.28. The first kappa shape index (κ1) is 9.52. The first-order chi connectivity index (χ1) is 6.56. The van der Waals surface area contributed by atoms with Crippen LogP contribution in [0.2, 0.25) is 0 Å². The molecule has 2 rings (SSSR count). The molecule has 74 valence electrons. The van der Waals surface area contributed by atoms with E-state index in [-0.39, 0.29) is 0 Å². The Balaban J connectivity index is 2.46. The largest absolute Gasteiger partial charge is 0.393 e. The molecule has 0 aliphatic heterocycles.